The summed E-state index contributed by atoms with van der Waals surface area (Å²) in [5.74, 6) is -2.32. The number of amides is 6. The molecule has 0 saturated carbocycles. The second-order valence-corrected chi connectivity index (χ2v) is 35.3. The summed E-state index contributed by atoms with van der Waals surface area (Å²) in [6.45, 7) is 21.2. The number of rotatable bonds is 32. The molecule has 4 aromatic rings. The van der Waals surface area contributed by atoms with E-state index in [9.17, 15) is 55.2 Å². The maximum absolute atomic E-state index is 14.1. The Hall–Kier alpha value is -7.94. The van der Waals surface area contributed by atoms with Gasteiger partial charge in [-0.15, -0.1) is 23.5 Å². The van der Waals surface area contributed by atoms with Gasteiger partial charge in [-0.25, -0.2) is 45.6 Å². The van der Waals surface area contributed by atoms with E-state index < -0.39 is 113 Å². The molecular formula is C71H98N10O22S4. The van der Waals surface area contributed by atoms with Crippen LogP contribution in [-0.2, 0) is 90.0 Å². The normalized spacial score (nSPS) is 18.4. The highest BCUT2D eigenvalue weighted by molar-refractivity contribution is 8.02. The lowest BCUT2D eigenvalue weighted by molar-refractivity contribution is -0.159. The van der Waals surface area contributed by atoms with E-state index in [0.29, 0.717) is 44.0 Å². The highest BCUT2D eigenvalue weighted by Gasteiger charge is 2.53. The van der Waals surface area contributed by atoms with Crippen molar-refractivity contribution in [1.29, 1.82) is 0 Å². The highest BCUT2D eigenvalue weighted by Crippen LogP contribution is 2.44. The zero-order chi connectivity index (χ0) is 77.7. The monoisotopic (exact) mass is 1570 g/mol. The minimum Gasteiger partial charge on any atom is -0.458 e. The molecule has 4 atom stereocenters. The number of sulfonamides is 2. The number of hydrogen-bond acceptors (Lipinski definition) is 26. The first-order valence-electron chi connectivity index (χ1n) is 35.1. The zero-order valence-electron chi connectivity index (χ0n) is 62.0. The molecule has 0 bridgehead atoms. The molecule has 4 aliphatic rings. The molecule has 4 aliphatic heterocycles. The van der Waals surface area contributed by atoms with Gasteiger partial charge < -0.3 is 77.6 Å². The van der Waals surface area contributed by atoms with Crippen molar-refractivity contribution in [3.8, 4) is 11.5 Å². The van der Waals surface area contributed by atoms with Crippen LogP contribution in [0, 0.1) is 0 Å². The maximum atomic E-state index is 14.1. The smallest absolute Gasteiger partial charge is 0.415 e. The fourth-order valence-electron chi connectivity index (χ4n) is 11.5. The first-order chi connectivity index (χ1) is 50.6. The first-order valence-corrected chi connectivity index (χ1v) is 39.9. The van der Waals surface area contributed by atoms with Crippen molar-refractivity contribution in [3.63, 3.8) is 0 Å². The van der Waals surface area contributed by atoms with Crippen LogP contribution in [0.15, 0.2) is 107 Å². The Morgan fingerprint density at radius 3 is 1.10 bits per heavy atom. The van der Waals surface area contributed by atoms with Gasteiger partial charge in [-0.05, 0) is 135 Å². The molecule has 2 aromatic heterocycles. The van der Waals surface area contributed by atoms with Crippen molar-refractivity contribution in [2.45, 2.75) is 143 Å². The number of pyridine rings is 2. The van der Waals surface area contributed by atoms with E-state index >= 15 is 0 Å². The van der Waals surface area contributed by atoms with Crippen LogP contribution in [0.3, 0.4) is 0 Å². The minimum atomic E-state index is -4.13. The molecule has 0 unspecified atom stereocenters. The number of nitrogens with zero attached hydrogens (tertiary/aromatic N) is 8. The third-order valence-electron chi connectivity index (χ3n) is 17.0. The van der Waals surface area contributed by atoms with Crippen molar-refractivity contribution < 1.29 is 103 Å². The molecule has 36 heteroatoms. The van der Waals surface area contributed by atoms with E-state index in [4.69, 9.17) is 47.4 Å². The molecule has 4 fully saturated rings. The van der Waals surface area contributed by atoms with Gasteiger partial charge in [-0.3, -0.25) is 19.6 Å². The molecule has 2 N–H and O–H groups in total. The summed E-state index contributed by atoms with van der Waals surface area (Å²) in [4.78, 5) is 121. The number of hydrogen-bond donors (Lipinski definition) is 2. The average molecular weight is 1570 g/mol. The van der Waals surface area contributed by atoms with Crippen molar-refractivity contribution in [1.82, 2.24) is 48.8 Å². The molecule has 107 heavy (non-hydrogen) atoms. The molecular weight excluding hydrogens is 1470 g/mol. The predicted octanol–water partition coefficient (Wildman–Crippen LogP) is 5.96. The predicted molar refractivity (Wildman–Crippen MR) is 392 cm³/mol. The number of piperazine rings is 2. The number of benzene rings is 2. The molecule has 32 nitrogen and oxygen atoms in total. The number of nitrogens with one attached hydrogen (secondary N) is 2. The standard InChI is InChI=1S/C71H98N10O22S4/c1-68(2,3)102-62(84)56(74-60(82)58-70(7,8)104-48-80(58)106(90,91)54-14-11-24-72-46-54)44-50-16-20-52(21-17-50)100-66(88)78-30-26-76(27-31-78)64(86)98-42-40-96-38-36-94-34-13-35-95-37-39-97-41-43-99-65(87)77-28-32-79(33-29-77)67(89)101-53-22-18-51(19-23-53)45-57(63(85)103-69(4,5)6)75-61(83)59-71(9,10)105-49-81(59)107(92,93)55-15-12-25-73-47-55/h11-12,14-25,46-47,56-59H,13,26-45,48-49H2,1-10H3,(H,74,82)(H,75,83)/t56-,57-,58+,59+/m0/s1. The lowest BCUT2D eigenvalue weighted by atomic mass is 10.0. The largest absolute Gasteiger partial charge is 0.458 e. The molecule has 2 aromatic carbocycles. The van der Waals surface area contributed by atoms with Crippen LogP contribution in [0.1, 0.15) is 86.8 Å². The summed E-state index contributed by atoms with van der Waals surface area (Å²) in [5.41, 5.74) is -0.614. The Labute approximate surface area is 633 Å². The van der Waals surface area contributed by atoms with E-state index in [1.807, 2.05) is 0 Å². The minimum absolute atomic E-state index is 0.00853. The molecule has 4 saturated heterocycles. The average Bonchev–Trinajstić information content (AvgIpc) is 1.63. The van der Waals surface area contributed by atoms with Gasteiger partial charge in [0.15, 0.2) is 0 Å². The zero-order valence-corrected chi connectivity index (χ0v) is 65.3. The lowest BCUT2D eigenvalue weighted by Gasteiger charge is -2.33. The van der Waals surface area contributed by atoms with Crippen LogP contribution in [0.4, 0.5) is 19.2 Å². The van der Waals surface area contributed by atoms with Crippen molar-refractivity contribution in [3.05, 3.63) is 109 Å². The van der Waals surface area contributed by atoms with Crippen LogP contribution < -0.4 is 20.1 Å². The van der Waals surface area contributed by atoms with E-state index in [2.05, 4.69) is 20.6 Å². The van der Waals surface area contributed by atoms with Crippen molar-refractivity contribution in [2.75, 3.05) is 130 Å². The van der Waals surface area contributed by atoms with Crippen LogP contribution in [0.25, 0.3) is 0 Å². The number of ether oxygens (including phenoxy) is 10. The Morgan fingerprint density at radius 2 is 0.785 bits per heavy atom. The summed E-state index contributed by atoms with van der Waals surface area (Å²) < 4.78 is 111. The van der Waals surface area contributed by atoms with Crippen LogP contribution in [0.2, 0.25) is 0 Å². The number of carbonyl (C=O) groups is 8. The van der Waals surface area contributed by atoms with E-state index in [1.54, 1.807) is 118 Å². The molecule has 0 spiro atoms. The molecule has 588 valence electrons. The first kappa shape index (κ1) is 84.7. The Kier molecular flexibility index (Phi) is 30.4. The number of carbonyl (C=O) groups excluding carboxylic acids is 8. The third kappa shape index (κ3) is 25.0. The fraction of sp³-hybridized carbons (Fsp3) is 0.577. The summed E-state index contributed by atoms with van der Waals surface area (Å²) in [5, 5.41) is 5.56. The topological polar surface area (TPSA) is 366 Å². The second kappa shape index (κ2) is 38.4. The SMILES string of the molecule is CC(C)(C)OC(=O)[C@H](Cc1ccc(OC(=O)N2CCN(C(=O)OCCOCCOCCCOCCOCCOC(=O)N3CCN(C(=O)Oc4ccc(C[C@H](NC(=O)[C@H]5N(S(=O)(=O)c6cccnc6)CSC5(C)C)C(=O)OC(C)(C)C)cc4)CC3)CC2)cc1)NC(=O)[C@H]1N(S(=O)(=O)c2cccnc2)CSC1(C)C. The van der Waals surface area contributed by atoms with Crippen LogP contribution in [-0.4, -0.2) is 278 Å². The quantitative estimate of drug-likeness (QED) is 0.0323. The summed E-state index contributed by atoms with van der Waals surface area (Å²) in [6.07, 6.45) is 3.58. The van der Waals surface area contributed by atoms with Gasteiger partial charge >= 0.3 is 36.3 Å². The summed E-state index contributed by atoms with van der Waals surface area (Å²) >= 11 is 2.59. The van der Waals surface area contributed by atoms with Gasteiger partial charge in [-0.1, -0.05) is 24.3 Å². The highest BCUT2D eigenvalue weighted by atomic mass is 32.2. The van der Waals surface area contributed by atoms with E-state index in [-0.39, 0.29) is 138 Å². The Balaban J connectivity index is 0.621. The van der Waals surface area contributed by atoms with Crippen LogP contribution in [0.5, 0.6) is 11.5 Å². The van der Waals surface area contributed by atoms with Gasteiger partial charge in [0.05, 0.1) is 51.4 Å². The third-order valence-corrected chi connectivity index (χ3v) is 23.6. The van der Waals surface area contributed by atoms with Gasteiger partial charge in [0, 0.05) is 113 Å². The fourth-order valence-corrected chi connectivity index (χ4v) is 17.7. The summed E-state index contributed by atoms with van der Waals surface area (Å²) in [7, 11) is -8.26. The van der Waals surface area contributed by atoms with E-state index in [0.717, 1.165) is 8.61 Å². The maximum Gasteiger partial charge on any atom is 0.415 e. The van der Waals surface area contributed by atoms with Gasteiger partial charge in [0.25, 0.3) is 0 Å². The molecule has 6 amide bonds. The number of thioether (sulfide) groups is 2. The number of aromatic nitrogens is 2. The van der Waals surface area contributed by atoms with Crippen molar-refractivity contribution >= 4 is 91.7 Å². The molecule has 0 radical (unpaired) electrons. The van der Waals surface area contributed by atoms with Gasteiger partial charge in [0.1, 0.15) is 69.9 Å². The lowest BCUT2D eigenvalue weighted by Crippen LogP contribution is -2.57. The van der Waals surface area contributed by atoms with Crippen molar-refractivity contribution in [2.24, 2.45) is 0 Å². The molecule has 0 aliphatic carbocycles. The van der Waals surface area contributed by atoms with Crippen LogP contribution >= 0.6 is 23.5 Å². The number of esters is 2. The Bertz CT molecular complexity index is 3630. The van der Waals surface area contributed by atoms with E-state index in [1.165, 1.54) is 92.2 Å². The summed E-state index contributed by atoms with van der Waals surface area (Å²) in [6, 6.07) is 13.8. The molecule has 8 rings (SSSR count). The van der Waals surface area contributed by atoms with Gasteiger partial charge in [-0.2, -0.15) is 8.61 Å². The van der Waals surface area contributed by atoms with Gasteiger partial charge in [0.2, 0.25) is 31.9 Å². The Morgan fingerprint density at radius 1 is 0.467 bits per heavy atom. The second-order valence-electron chi connectivity index (χ2n) is 28.3. The molecule has 6 heterocycles.